The van der Waals surface area contributed by atoms with Gasteiger partial charge in [-0.05, 0) is 50.5 Å². The van der Waals surface area contributed by atoms with E-state index in [2.05, 4.69) is 15.6 Å². The van der Waals surface area contributed by atoms with E-state index >= 15 is 0 Å². The van der Waals surface area contributed by atoms with Crippen molar-refractivity contribution in [1.29, 1.82) is 0 Å². The summed E-state index contributed by atoms with van der Waals surface area (Å²) in [4.78, 5) is 28.8. The van der Waals surface area contributed by atoms with Crippen LogP contribution in [-0.2, 0) is 6.42 Å². The number of benzene rings is 2. The number of rotatable bonds is 8. The molecule has 0 atom stereocenters. The molecule has 0 fully saturated rings. The first-order valence-electron chi connectivity index (χ1n) is 9.61. The Morgan fingerprint density at radius 2 is 1.81 bits per heavy atom. The summed E-state index contributed by atoms with van der Waals surface area (Å²) >= 11 is 1.62. The van der Waals surface area contributed by atoms with Gasteiger partial charge in [-0.2, -0.15) is 0 Å². The van der Waals surface area contributed by atoms with Crippen LogP contribution in [-0.4, -0.2) is 28.4 Å². The highest BCUT2D eigenvalue weighted by molar-refractivity contribution is 7.09. The van der Waals surface area contributed by atoms with Crippen molar-refractivity contribution in [3.05, 3.63) is 75.2 Å². The molecule has 0 aliphatic heterocycles. The van der Waals surface area contributed by atoms with Gasteiger partial charge in [-0.15, -0.1) is 11.3 Å². The first-order valence-corrected chi connectivity index (χ1v) is 10.5. The third-order valence-electron chi connectivity index (χ3n) is 4.39. The predicted octanol–water partition coefficient (Wildman–Crippen LogP) is 4.44. The summed E-state index contributed by atoms with van der Waals surface area (Å²) in [5, 5.41) is 18.4. The largest absolute Gasteiger partial charge is 0.507 e. The molecule has 2 aromatic carbocycles. The first-order chi connectivity index (χ1) is 14.8. The zero-order valence-electron chi connectivity index (χ0n) is 16.7. The number of anilines is 1. The van der Waals surface area contributed by atoms with Gasteiger partial charge in [0.15, 0.2) is 0 Å². The lowest BCUT2D eigenvalue weighted by atomic mass is 10.1. The van der Waals surface area contributed by atoms with E-state index in [-0.39, 0.29) is 22.6 Å². The maximum Gasteiger partial charge on any atom is 0.255 e. The summed E-state index contributed by atoms with van der Waals surface area (Å²) in [5.41, 5.74) is 1.05. The van der Waals surface area contributed by atoms with Gasteiger partial charge in [0.05, 0.1) is 10.6 Å². The summed E-state index contributed by atoms with van der Waals surface area (Å²) in [7, 11) is 0. The minimum absolute atomic E-state index is 0.0605. The molecule has 0 radical (unpaired) electrons. The van der Waals surface area contributed by atoms with Crippen LogP contribution in [0.4, 0.5) is 14.5 Å². The van der Waals surface area contributed by atoms with Crippen LogP contribution in [0, 0.1) is 18.6 Å². The Morgan fingerprint density at radius 3 is 2.45 bits per heavy atom. The number of thiazole rings is 1. The molecule has 31 heavy (non-hydrogen) atoms. The van der Waals surface area contributed by atoms with Crippen molar-refractivity contribution in [3.8, 4) is 5.75 Å². The zero-order chi connectivity index (χ0) is 22.4. The molecule has 6 nitrogen and oxygen atoms in total. The van der Waals surface area contributed by atoms with Gasteiger partial charge >= 0.3 is 0 Å². The highest BCUT2D eigenvalue weighted by atomic mass is 32.1. The summed E-state index contributed by atoms with van der Waals surface area (Å²) in [5.74, 6) is -3.25. The standard InChI is InChI=1S/C22H21F2N3O3S/c1-13-12-31-20(26-13)4-2-3-7-25-22(30)18-6-5-17(11-19(18)28)27-21(29)14-8-15(23)10-16(24)9-14/h5-6,8-12,28H,2-4,7H2,1H3,(H,25,30)(H,27,29). The van der Waals surface area contributed by atoms with Gasteiger partial charge in [-0.25, -0.2) is 13.8 Å². The van der Waals surface area contributed by atoms with E-state index in [1.54, 1.807) is 11.3 Å². The first kappa shape index (κ1) is 22.4. The Morgan fingerprint density at radius 1 is 1.06 bits per heavy atom. The molecule has 1 aromatic heterocycles. The van der Waals surface area contributed by atoms with Crippen LogP contribution >= 0.6 is 11.3 Å². The molecule has 2 amide bonds. The second-order valence-electron chi connectivity index (χ2n) is 6.94. The molecule has 0 bridgehead atoms. The normalized spacial score (nSPS) is 10.7. The summed E-state index contributed by atoms with van der Waals surface area (Å²) in [6, 6.07) is 6.45. The number of aryl methyl sites for hydroxylation is 2. The van der Waals surface area contributed by atoms with Crippen LogP contribution in [0.3, 0.4) is 0 Å². The smallest absolute Gasteiger partial charge is 0.255 e. The minimum Gasteiger partial charge on any atom is -0.507 e. The number of phenols is 1. The van der Waals surface area contributed by atoms with Crippen LogP contribution in [0.2, 0.25) is 0 Å². The third kappa shape index (κ3) is 6.32. The van der Waals surface area contributed by atoms with Gasteiger partial charge in [0.1, 0.15) is 17.4 Å². The number of phenolic OH excluding ortho intramolecular Hbond substituents is 1. The van der Waals surface area contributed by atoms with Gasteiger partial charge in [0, 0.05) is 41.0 Å². The van der Waals surface area contributed by atoms with Gasteiger partial charge in [-0.3, -0.25) is 9.59 Å². The molecule has 0 unspecified atom stereocenters. The Bertz CT molecular complexity index is 1080. The van der Waals surface area contributed by atoms with Gasteiger partial charge in [-0.1, -0.05) is 0 Å². The number of aromatic hydroxyl groups is 1. The van der Waals surface area contributed by atoms with E-state index in [1.165, 1.54) is 18.2 Å². The number of carbonyl (C=O) groups excluding carboxylic acids is 2. The van der Waals surface area contributed by atoms with Crippen LogP contribution in [0.15, 0.2) is 41.8 Å². The molecule has 0 saturated heterocycles. The fraction of sp³-hybridized carbons (Fsp3) is 0.227. The fourth-order valence-electron chi connectivity index (χ4n) is 2.91. The summed E-state index contributed by atoms with van der Waals surface area (Å²) in [6.07, 6.45) is 2.50. The number of carbonyl (C=O) groups is 2. The highest BCUT2D eigenvalue weighted by Gasteiger charge is 2.14. The van der Waals surface area contributed by atoms with Crippen LogP contribution < -0.4 is 10.6 Å². The second-order valence-corrected chi connectivity index (χ2v) is 7.88. The van der Waals surface area contributed by atoms with E-state index in [4.69, 9.17) is 0 Å². The third-order valence-corrected chi connectivity index (χ3v) is 5.42. The van der Waals surface area contributed by atoms with Crippen molar-refractivity contribution in [2.24, 2.45) is 0 Å². The lowest BCUT2D eigenvalue weighted by Crippen LogP contribution is -2.24. The predicted molar refractivity (Wildman–Crippen MR) is 115 cm³/mol. The molecule has 1 heterocycles. The Hall–Kier alpha value is -3.33. The average molecular weight is 445 g/mol. The lowest BCUT2D eigenvalue weighted by molar-refractivity contribution is 0.0949. The van der Waals surface area contributed by atoms with Crippen molar-refractivity contribution >= 4 is 28.8 Å². The van der Waals surface area contributed by atoms with E-state index in [0.29, 0.717) is 12.6 Å². The van der Waals surface area contributed by atoms with Crippen molar-refractivity contribution in [3.63, 3.8) is 0 Å². The number of nitrogens with zero attached hydrogens (tertiary/aromatic N) is 1. The van der Waals surface area contributed by atoms with Crippen LogP contribution in [0.5, 0.6) is 5.75 Å². The monoisotopic (exact) mass is 445 g/mol. The Balaban J connectivity index is 1.51. The SMILES string of the molecule is Cc1csc(CCCCNC(=O)c2ccc(NC(=O)c3cc(F)cc(F)c3)cc2O)n1. The highest BCUT2D eigenvalue weighted by Crippen LogP contribution is 2.23. The van der Waals surface area contributed by atoms with Crippen LogP contribution in [0.1, 0.15) is 44.3 Å². The number of aromatic nitrogens is 1. The number of hydrogen-bond acceptors (Lipinski definition) is 5. The van der Waals surface area contributed by atoms with E-state index in [0.717, 1.165) is 42.1 Å². The molecule has 9 heteroatoms. The molecule has 3 aromatic rings. The quantitative estimate of drug-likeness (QED) is 0.447. The van der Waals surface area contributed by atoms with Crippen molar-refractivity contribution < 1.29 is 23.5 Å². The van der Waals surface area contributed by atoms with Crippen molar-refractivity contribution in [2.75, 3.05) is 11.9 Å². The van der Waals surface area contributed by atoms with Gasteiger partial charge < -0.3 is 15.7 Å². The average Bonchev–Trinajstić information content (AvgIpc) is 3.12. The van der Waals surface area contributed by atoms with E-state index in [9.17, 15) is 23.5 Å². The number of unbranched alkanes of at least 4 members (excludes halogenated alkanes) is 1. The van der Waals surface area contributed by atoms with Crippen molar-refractivity contribution in [2.45, 2.75) is 26.2 Å². The molecule has 0 aliphatic carbocycles. The Kier molecular flexibility index (Phi) is 7.30. The molecule has 3 N–H and O–H groups in total. The molecule has 3 rings (SSSR count). The Labute approximate surface area is 182 Å². The van der Waals surface area contributed by atoms with Crippen LogP contribution in [0.25, 0.3) is 0 Å². The minimum atomic E-state index is -0.873. The molecule has 0 saturated carbocycles. The maximum atomic E-state index is 13.3. The van der Waals surface area contributed by atoms with E-state index in [1.807, 2.05) is 12.3 Å². The number of amides is 2. The van der Waals surface area contributed by atoms with Crippen molar-refractivity contribution in [1.82, 2.24) is 10.3 Å². The number of hydrogen-bond donors (Lipinski definition) is 3. The zero-order valence-corrected chi connectivity index (χ0v) is 17.6. The van der Waals surface area contributed by atoms with Gasteiger partial charge in [0.25, 0.3) is 11.8 Å². The number of nitrogens with one attached hydrogen (secondary N) is 2. The summed E-state index contributed by atoms with van der Waals surface area (Å²) in [6.45, 7) is 2.40. The molecule has 162 valence electrons. The molecule has 0 aliphatic rings. The number of halogens is 2. The van der Waals surface area contributed by atoms with Gasteiger partial charge in [0.2, 0.25) is 0 Å². The molecular formula is C22H21F2N3O3S. The second kappa shape index (κ2) is 10.1. The molecular weight excluding hydrogens is 424 g/mol. The summed E-state index contributed by atoms with van der Waals surface area (Å²) < 4.78 is 26.5. The maximum absolute atomic E-state index is 13.3. The fourth-order valence-corrected chi connectivity index (χ4v) is 3.72. The lowest BCUT2D eigenvalue weighted by Gasteiger charge is -2.10. The molecule has 0 spiro atoms. The topological polar surface area (TPSA) is 91.3 Å². The van der Waals surface area contributed by atoms with E-state index < -0.39 is 23.4 Å².